The van der Waals surface area contributed by atoms with E-state index in [4.69, 9.17) is 39.9 Å². The van der Waals surface area contributed by atoms with E-state index >= 15 is 0 Å². The van der Waals surface area contributed by atoms with Crippen LogP contribution in [-0.4, -0.2) is 198 Å². The van der Waals surface area contributed by atoms with Crippen molar-refractivity contribution in [2.75, 3.05) is 108 Å². The van der Waals surface area contributed by atoms with E-state index in [2.05, 4.69) is 51.2 Å². The van der Waals surface area contributed by atoms with Crippen molar-refractivity contribution in [2.45, 2.75) is 21.6 Å². The Hall–Kier alpha value is -10.6. The van der Waals surface area contributed by atoms with Gasteiger partial charge in [-0.05, 0) is 164 Å². The number of fused-ring (bicyclic) bond motifs is 3. The first-order valence-corrected chi connectivity index (χ1v) is 40.5. The minimum absolute atomic E-state index is 0.0468. The van der Waals surface area contributed by atoms with Gasteiger partial charge in [0.25, 0.3) is 17.7 Å². The maximum absolute atomic E-state index is 13.0. The third kappa shape index (κ3) is 18.5. The number of aliphatic hydroxyl groups is 1. The molecule has 0 atom stereocenters. The van der Waals surface area contributed by atoms with Crippen molar-refractivity contribution < 1.29 is 49.5 Å². The van der Waals surface area contributed by atoms with Crippen molar-refractivity contribution in [2.24, 2.45) is 0 Å². The van der Waals surface area contributed by atoms with E-state index in [0.717, 1.165) is 33.1 Å². The molecule has 5 N–H and O–H groups in total. The fourth-order valence-corrected chi connectivity index (χ4v) is 17.4. The molecule has 0 unspecified atom stereocenters. The Labute approximate surface area is 655 Å². The maximum Gasteiger partial charge on any atom is 0.255 e. The van der Waals surface area contributed by atoms with E-state index in [-0.39, 0.29) is 52.1 Å². The lowest BCUT2D eigenvalue weighted by atomic mass is 10.1. The predicted octanol–water partition coefficient (Wildman–Crippen LogP) is 11.4. The number of amides is 4. The van der Waals surface area contributed by atoms with Gasteiger partial charge in [-0.1, -0.05) is 71.2 Å². The molecule has 12 aromatic rings. The Morgan fingerprint density at radius 3 is 1.00 bits per heavy atom. The van der Waals surface area contributed by atoms with E-state index in [1.807, 2.05) is 77.7 Å². The van der Waals surface area contributed by atoms with Crippen molar-refractivity contribution in [3.05, 3.63) is 251 Å². The quantitative estimate of drug-likeness (QED) is 0.0565. The Morgan fingerprint density at radius 1 is 0.396 bits per heavy atom. The molecule has 0 aliphatic carbocycles. The van der Waals surface area contributed by atoms with Crippen LogP contribution < -0.4 is 21.3 Å². The number of para-hydroxylation sites is 6. The maximum atomic E-state index is 13.0. The van der Waals surface area contributed by atoms with Crippen molar-refractivity contribution in [3.8, 4) is 33.8 Å². The van der Waals surface area contributed by atoms with Crippen molar-refractivity contribution in [3.63, 3.8) is 0 Å². The number of piperazine rings is 3. The Bertz CT molecular complexity index is 5840. The highest BCUT2D eigenvalue weighted by Crippen LogP contribution is 2.35. The number of hydrogen-bond donors (Lipinski definition) is 5. The number of β-amino-alcohol motifs (C(OH)–C–C–N with tert-alkyl or cyclic N) is 1. The van der Waals surface area contributed by atoms with Gasteiger partial charge >= 0.3 is 0 Å². The summed E-state index contributed by atoms with van der Waals surface area (Å²) in [5.41, 5.74) is 10.6. The first-order chi connectivity index (χ1) is 53.5. The smallest absolute Gasteiger partial charge is 0.255 e. The molecule has 568 valence electrons. The SMILES string of the molecule is CC(=O)N1CCN(S(=O)(=O)c2ccc(C(=O)Nc3ccc(Cl)c(-c4cnc5ccccc5n4)c3)cc2)CC1.O=C(Nc1ccc(Cl)c(-c2cnc3ccccc3n2)c1)c1ccc(S(=O)(=O)N2CCN(CCO)CC2)cc1.O=C(Nc1ccc(Cl)c(-c2cnc3ccccc3n2)c1)c1ccc(S(=O)(=O)N2CCNCC2)cc1. The first kappa shape index (κ1) is 78.5. The van der Waals surface area contributed by atoms with E-state index in [9.17, 15) is 44.4 Å². The summed E-state index contributed by atoms with van der Waals surface area (Å²) in [6.07, 6.45) is 4.92. The number of carbonyl (C=O) groups is 4. The molecule has 9 aromatic carbocycles. The molecule has 3 aromatic heterocycles. The summed E-state index contributed by atoms with van der Waals surface area (Å²) in [5, 5.41) is 22.1. The highest BCUT2D eigenvalue weighted by molar-refractivity contribution is 7.89. The molecular formula is C79H72Cl3N15O11S3. The zero-order chi connectivity index (χ0) is 78.0. The molecule has 0 spiro atoms. The van der Waals surface area contributed by atoms with Crippen LogP contribution >= 0.6 is 34.8 Å². The summed E-state index contributed by atoms with van der Waals surface area (Å²) < 4.78 is 82.0. The summed E-state index contributed by atoms with van der Waals surface area (Å²) >= 11 is 19.3. The number of halogens is 3. The topological polar surface area (TPSA) is 333 Å². The first-order valence-electron chi connectivity index (χ1n) is 35.1. The second-order valence-electron chi connectivity index (χ2n) is 25.8. The van der Waals surface area contributed by atoms with Gasteiger partial charge in [0.2, 0.25) is 36.0 Å². The molecule has 32 heteroatoms. The Balaban J connectivity index is 0.000000146. The predicted molar refractivity (Wildman–Crippen MR) is 428 cm³/mol. The van der Waals surface area contributed by atoms with Gasteiger partial charge in [0.1, 0.15) is 0 Å². The second kappa shape index (κ2) is 34.7. The molecule has 0 bridgehead atoms. The lowest BCUT2D eigenvalue weighted by Gasteiger charge is -2.33. The van der Waals surface area contributed by atoms with Gasteiger partial charge in [-0.2, -0.15) is 12.9 Å². The molecule has 15 rings (SSSR count). The van der Waals surface area contributed by atoms with Crippen LogP contribution in [0.4, 0.5) is 17.1 Å². The minimum Gasteiger partial charge on any atom is -0.395 e. The lowest BCUT2D eigenvalue weighted by molar-refractivity contribution is -0.130. The standard InChI is InChI=1S/C27H24ClN5O4S.C27H26ClN5O4S.C25H22ClN5O3S/c1-18(34)32-12-14-33(15-13-32)38(36,37)21-9-6-19(7-10-21)27(35)30-20-8-11-23(28)22(16-20)26-17-29-24-4-2-3-5-25(24)31-26;28-23-10-7-20(17-22(23)26-18-29-24-3-1-2-4-25(24)31-26)30-27(35)19-5-8-21(9-6-19)38(36,37)33-13-11-32(12-14-33)15-16-34;26-21-10-7-18(15-20(21)24-16-28-22-3-1-2-4-23(22)30-24)29-25(32)17-5-8-19(9-6-17)35(33,34)31-13-11-27-12-14-31/h2-11,16-17H,12-15H2,1H3,(H,30,35);1-10,17-18,34H,11-16H2,(H,30,35);1-10,15-16,27H,11-14H2,(H,29,32). The molecule has 111 heavy (non-hydrogen) atoms. The average molecular weight is 1610 g/mol. The highest BCUT2D eigenvalue weighted by Gasteiger charge is 2.32. The third-order valence-electron chi connectivity index (χ3n) is 18.6. The number of anilines is 3. The number of nitrogens with one attached hydrogen (secondary N) is 4. The minimum atomic E-state index is -3.73. The molecule has 3 saturated heterocycles. The number of rotatable bonds is 17. The zero-order valence-electron chi connectivity index (χ0n) is 59.5. The molecule has 4 amide bonds. The Kier molecular flexibility index (Phi) is 24.6. The summed E-state index contributed by atoms with van der Waals surface area (Å²) in [5.74, 6) is -1.23. The average Bonchev–Trinajstić information content (AvgIpc) is 0.815. The van der Waals surface area contributed by atoms with Gasteiger partial charge in [0.15, 0.2) is 0 Å². The van der Waals surface area contributed by atoms with Crippen LogP contribution in [0.3, 0.4) is 0 Å². The summed E-state index contributed by atoms with van der Waals surface area (Å²) in [6, 6.07) is 55.4. The highest BCUT2D eigenvalue weighted by atomic mass is 35.5. The number of carbonyl (C=O) groups excluding carboxylic acids is 4. The van der Waals surface area contributed by atoms with Crippen LogP contribution in [0.2, 0.25) is 15.1 Å². The number of nitrogens with zero attached hydrogens (tertiary/aromatic N) is 11. The molecule has 0 saturated carbocycles. The largest absolute Gasteiger partial charge is 0.395 e. The fraction of sp³-hybridized carbons (Fsp3) is 0.190. The number of aliphatic hydroxyl groups excluding tert-OH is 1. The normalized spacial score (nSPS) is 14.7. The summed E-state index contributed by atoms with van der Waals surface area (Å²) in [4.78, 5) is 81.4. The van der Waals surface area contributed by atoms with Crippen molar-refractivity contribution >= 4 is 139 Å². The van der Waals surface area contributed by atoms with Gasteiger partial charge < -0.3 is 31.3 Å². The Morgan fingerprint density at radius 2 is 0.694 bits per heavy atom. The summed E-state index contributed by atoms with van der Waals surface area (Å²) in [6.45, 7) is 7.11. The van der Waals surface area contributed by atoms with Crippen LogP contribution in [-0.2, 0) is 34.9 Å². The van der Waals surface area contributed by atoms with Crippen molar-refractivity contribution in [1.29, 1.82) is 0 Å². The zero-order valence-corrected chi connectivity index (χ0v) is 64.2. The van der Waals surface area contributed by atoms with Crippen LogP contribution in [0.5, 0.6) is 0 Å². The van der Waals surface area contributed by atoms with Crippen LogP contribution in [0.1, 0.15) is 38.0 Å². The van der Waals surface area contributed by atoms with E-state index < -0.39 is 36.0 Å². The molecule has 26 nitrogen and oxygen atoms in total. The van der Waals surface area contributed by atoms with E-state index in [1.54, 1.807) is 78.1 Å². The van der Waals surface area contributed by atoms with E-state index in [1.165, 1.54) is 92.6 Å². The summed E-state index contributed by atoms with van der Waals surface area (Å²) in [7, 11) is -11.0. The van der Waals surface area contributed by atoms with Gasteiger partial charge in [-0.3, -0.25) is 39.0 Å². The molecule has 3 fully saturated rings. The van der Waals surface area contributed by atoms with Gasteiger partial charge in [0.05, 0.1) is 105 Å². The van der Waals surface area contributed by atoms with Gasteiger partial charge in [0, 0.05) is 142 Å². The molecular weight excluding hydrogens is 1540 g/mol. The number of benzene rings is 9. The van der Waals surface area contributed by atoms with E-state index in [0.29, 0.717) is 155 Å². The third-order valence-corrected chi connectivity index (χ3v) is 25.3. The molecule has 3 aliphatic heterocycles. The van der Waals surface area contributed by atoms with Gasteiger partial charge in [-0.15, -0.1) is 0 Å². The number of hydrogen-bond acceptors (Lipinski definition) is 19. The van der Waals surface area contributed by atoms with Crippen molar-refractivity contribution in [1.82, 2.24) is 57.9 Å². The molecule has 0 radical (unpaired) electrons. The monoisotopic (exact) mass is 1610 g/mol. The van der Waals surface area contributed by atoms with Crippen LogP contribution in [0.25, 0.3) is 66.9 Å². The number of aromatic nitrogens is 6. The molecule has 6 heterocycles. The van der Waals surface area contributed by atoms with Crippen LogP contribution in [0.15, 0.2) is 233 Å². The number of sulfonamides is 3. The van der Waals surface area contributed by atoms with Crippen LogP contribution in [0, 0.1) is 0 Å². The second-order valence-corrected chi connectivity index (χ2v) is 32.8. The fourth-order valence-electron chi connectivity index (χ4n) is 12.5. The van der Waals surface area contributed by atoms with Gasteiger partial charge in [-0.25, -0.2) is 40.2 Å². The molecule has 3 aliphatic rings. The lowest BCUT2D eigenvalue weighted by Crippen LogP contribution is -2.49.